The molecule has 0 saturated heterocycles. The molecule has 0 unspecified atom stereocenters. The number of amides is 1. The third-order valence-electron chi connectivity index (χ3n) is 4.97. The molecular formula is C22H20N6O3. The SMILES string of the molecule is Cc1cnc(Nc2ccc(C(=O)NC3CC3)cc2)nc1Nc1ccc2oc(=O)[nH]c2c1. The van der Waals surface area contributed by atoms with Gasteiger partial charge in [0.15, 0.2) is 5.58 Å². The number of hydrogen-bond donors (Lipinski definition) is 4. The Bertz CT molecular complexity index is 1320. The maximum Gasteiger partial charge on any atom is 0.417 e. The lowest BCUT2D eigenvalue weighted by molar-refractivity contribution is 0.0951. The molecule has 2 aromatic carbocycles. The van der Waals surface area contributed by atoms with Crippen molar-refractivity contribution in [2.75, 3.05) is 10.6 Å². The van der Waals surface area contributed by atoms with E-state index in [4.69, 9.17) is 4.42 Å². The molecule has 0 bridgehead atoms. The molecule has 0 atom stereocenters. The average molecular weight is 416 g/mol. The van der Waals surface area contributed by atoms with E-state index in [-0.39, 0.29) is 5.91 Å². The predicted molar refractivity (Wildman–Crippen MR) is 117 cm³/mol. The van der Waals surface area contributed by atoms with Crippen LogP contribution in [0.4, 0.5) is 23.1 Å². The van der Waals surface area contributed by atoms with Crippen LogP contribution in [0.1, 0.15) is 28.8 Å². The molecular weight excluding hydrogens is 396 g/mol. The molecule has 9 nitrogen and oxygen atoms in total. The molecule has 156 valence electrons. The molecule has 1 aliphatic rings. The number of aromatic amines is 1. The number of H-pyrrole nitrogens is 1. The summed E-state index contributed by atoms with van der Waals surface area (Å²) in [6.45, 7) is 1.90. The zero-order valence-corrected chi connectivity index (χ0v) is 16.7. The Morgan fingerprint density at radius 2 is 1.87 bits per heavy atom. The van der Waals surface area contributed by atoms with Gasteiger partial charge >= 0.3 is 5.76 Å². The van der Waals surface area contributed by atoms with Gasteiger partial charge in [-0.25, -0.2) is 9.78 Å². The minimum atomic E-state index is -0.493. The van der Waals surface area contributed by atoms with Crippen molar-refractivity contribution in [1.82, 2.24) is 20.3 Å². The van der Waals surface area contributed by atoms with Crippen LogP contribution in [0.5, 0.6) is 0 Å². The lowest BCUT2D eigenvalue weighted by Gasteiger charge is -2.11. The van der Waals surface area contributed by atoms with Gasteiger partial charge in [0, 0.05) is 34.7 Å². The van der Waals surface area contributed by atoms with Crippen molar-refractivity contribution in [1.29, 1.82) is 0 Å². The molecule has 0 aliphatic heterocycles. The van der Waals surface area contributed by atoms with Crippen LogP contribution in [-0.4, -0.2) is 26.9 Å². The highest BCUT2D eigenvalue weighted by Crippen LogP contribution is 2.24. The van der Waals surface area contributed by atoms with E-state index in [2.05, 4.69) is 30.9 Å². The summed E-state index contributed by atoms with van der Waals surface area (Å²) in [6, 6.07) is 12.8. The third-order valence-corrected chi connectivity index (χ3v) is 4.97. The molecule has 1 amide bonds. The summed E-state index contributed by atoms with van der Waals surface area (Å²) < 4.78 is 5.03. The first kappa shape index (κ1) is 18.9. The zero-order valence-electron chi connectivity index (χ0n) is 16.7. The van der Waals surface area contributed by atoms with Crippen molar-refractivity contribution in [3.63, 3.8) is 0 Å². The zero-order chi connectivity index (χ0) is 21.4. The molecule has 5 rings (SSSR count). The summed E-state index contributed by atoms with van der Waals surface area (Å²) in [5.74, 6) is 0.500. The topological polar surface area (TPSA) is 125 Å². The normalized spacial score (nSPS) is 13.2. The van der Waals surface area contributed by atoms with Crippen LogP contribution >= 0.6 is 0 Å². The van der Waals surface area contributed by atoms with Crippen LogP contribution in [0, 0.1) is 6.92 Å². The smallest absolute Gasteiger partial charge is 0.408 e. The number of anilines is 4. The van der Waals surface area contributed by atoms with E-state index in [9.17, 15) is 9.59 Å². The van der Waals surface area contributed by atoms with E-state index in [0.29, 0.717) is 34.5 Å². The van der Waals surface area contributed by atoms with Gasteiger partial charge in [-0.1, -0.05) is 0 Å². The Labute approximate surface area is 176 Å². The molecule has 31 heavy (non-hydrogen) atoms. The molecule has 2 aromatic heterocycles. The Morgan fingerprint density at radius 1 is 1.10 bits per heavy atom. The number of carbonyl (C=O) groups excluding carboxylic acids is 1. The minimum Gasteiger partial charge on any atom is -0.408 e. The van der Waals surface area contributed by atoms with E-state index in [1.165, 1.54) is 0 Å². The van der Waals surface area contributed by atoms with E-state index >= 15 is 0 Å². The second kappa shape index (κ2) is 7.60. The molecule has 2 heterocycles. The highest BCUT2D eigenvalue weighted by Gasteiger charge is 2.23. The van der Waals surface area contributed by atoms with Crippen molar-refractivity contribution in [2.45, 2.75) is 25.8 Å². The van der Waals surface area contributed by atoms with Gasteiger partial charge in [0.2, 0.25) is 5.95 Å². The summed E-state index contributed by atoms with van der Waals surface area (Å²) in [4.78, 5) is 35.0. The van der Waals surface area contributed by atoms with Gasteiger partial charge in [-0.15, -0.1) is 0 Å². The Kier molecular flexibility index (Phi) is 4.62. The Balaban J connectivity index is 1.31. The summed E-state index contributed by atoms with van der Waals surface area (Å²) in [7, 11) is 0. The standard InChI is InChI=1S/C22H20N6O3/c1-12-11-23-21(26-15-4-2-13(3-5-15)20(29)25-14-6-7-14)28-19(12)24-16-8-9-18-17(10-16)27-22(30)31-18/h2-5,8-11,14H,6-7H2,1H3,(H,25,29)(H,27,30)(H2,23,24,26,28). The highest BCUT2D eigenvalue weighted by atomic mass is 16.4. The lowest BCUT2D eigenvalue weighted by Crippen LogP contribution is -2.25. The van der Waals surface area contributed by atoms with Gasteiger partial charge in [-0.05, 0) is 62.2 Å². The first-order chi connectivity index (χ1) is 15.0. The largest absolute Gasteiger partial charge is 0.417 e. The van der Waals surface area contributed by atoms with Crippen molar-refractivity contribution in [2.24, 2.45) is 0 Å². The first-order valence-corrected chi connectivity index (χ1v) is 9.95. The molecule has 1 saturated carbocycles. The van der Waals surface area contributed by atoms with Gasteiger partial charge in [0.1, 0.15) is 5.82 Å². The second-order valence-electron chi connectivity index (χ2n) is 7.53. The number of hydrogen-bond acceptors (Lipinski definition) is 7. The summed E-state index contributed by atoms with van der Waals surface area (Å²) in [6.07, 6.45) is 3.83. The number of aryl methyl sites for hydroxylation is 1. The first-order valence-electron chi connectivity index (χ1n) is 9.95. The van der Waals surface area contributed by atoms with Gasteiger partial charge in [0.05, 0.1) is 5.52 Å². The molecule has 4 aromatic rings. The summed E-state index contributed by atoms with van der Waals surface area (Å²) >= 11 is 0. The van der Waals surface area contributed by atoms with Crippen molar-refractivity contribution in [3.05, 3.63) is 70.3 Å². The van der Waals surface area contributed by atoms with Gasteiger partial charge in [0.25, 0.3) is 5.91 Å². The quantitative estimate of drug-likeness (QED) is 0.378. The predicted octanol–water partition coefficient (Wildman–Crippen LogP) is 3.60. The van der Waals surface area contributed by atoms with Gasteiger partial charge in [-0.2, -0.15) is 4.98 Å². The fourth-order valence-corrected chi connectivity index (χ4v) is 3.13. The fourth-order valence-electron chi connectivity index (χ4n) is 3.13. The number of nitrogens with one attached hydrogen (secondary N) is 4. The van der Waals surface area contributed by atoms with E-state index < -0.39 is 5.76 Å². The maximum atomic E-state index is 12.1. The number of nitrogens with zero attached hydrogens (tertiary/aromatic N) is 2. The molecule has 0 spiro atoms. The van der Waals surface area contributed by atoms with Crippen molar-refractivity contribution in [3.8, 4) is 0 Å². The molecule has 9 heteroatoms. The van der Waals surface area contributed by atoms with Crippen molar-refractivity contribution >= 4 is 40.1 Å². The van der Waals surface area contributed by atoms with Crippen LogP contribution in [0.15, 0.2) is 57.9 Å². The molecule has 1 aliphatic carbocycles. The van der Waals surface area contributed by atoms with Crippen LogP contribution in [0.25, 0.3) is 11.1 Å². The average Bonchev–Trinajstić information content (AvgIpc) is 3.49. The molecule has 1 fully saturated rings. The lowest BCUT2D eigenvalue weighted by atomic mass is 10.2. The number of benzene rings is 2. The van der Waals surface area contributed by atoms with E-state index in [1.807, 2.05) is 19.1 Å². The number of oxazole rings is 1. The molecule has 4 N–H and O–H groups in total. The Hall–Kier alpha value is -4.14. The van der Waals surface area contributed by atoms with Gasteiger partial charge in [-0.3, -0.25) is 9.78 Å². The van der Waals surface area contributed by atoms with E-state index in [0.717, 1.165) is 29.8 Å². The number of carbonyl (C=O) groups is 1. The maximum absolute atomic E-state index is 12.1. The highest BCUT2D eigenvalue weighted by molar-refractivity contribution is 5.95. The third kappa shape index (κ3) is 4.25. The number of aromatic nitrogens is 3. The second-order valence-corrected chi connectivity index (χ2v) is 7.53. The Morgan fingerprint density at radius 3 is 2.65 bits per heavy atom. The van der Waals surface area contributed by atoms with Crippen LogP contribution in [0.2, 0.25) is 0 Å². The van der Waals surface area contributed by atoms with Crippen LogP contribution < -0.4 is 21.7 Å². The molecule has 0 radical (unpaired) electrons. The van der Waals surface area contributed by atoms with Crippen LogP contribution in [-0.2, 0) is 0 Å². The fraction of sp³-hybridized carbons (Fsp3) is 0.182. The van der Waals surface area contributed by atoms with E-state index in [1.54, 1.807) is 36.5 Å². The van der Waals surface area contributed by atoms with Crippen molar-refractivity contribution < 1.29 is 9.21 Å². The minimum absolute atomic E-state index is 0.0527. The monoisotopic (exact) mass is 416 g/mol. The summed E-state index contributed by atoms with van der Waals surface area (Å²) in [5.41, 5.74) is 4.10. The summed E-state index contributed by atoms with van der Waals surface area (Å²) in [5, 5.41) is 9.36. The number of rotatable bonds is 6. The van der Waals surface area contributed by atoms with Gasteiger partial charge < -0.3 is 20.4 Å². The number of fused-ring (bicyclic) bond motifs is 1. The van der Waals surface area contributed by atoms with Crippen LogP contribution in [0.3, 0.4) is 0 Å².